The Balaban J connectivity index is 1.16. The van der Waals surface area contributed by atoms with Crippen LogP contribution in [0.5, 0.6) is 0 Å². The molecule has 58 heavy (non-hydrogen) atoms. The molecule has 9 aromatic carbocycles. The van der Waals surface area contributed by atoms with Crippen molar-refractivity contribution in [3.8, 4) is 72.4 Å². The Morgan fingerprint density at radius 3 is 1.17 bits per heavy atom. The van der Waals surface area contributed by atoms with Crippen LogP contribution in [0.3, 0.4) is 0 Å². The van der Waals surface area contributed by atoms with Crippen LogP contribution in [0.1, 0.15) is 22.3 Å². The first-order valence-electron chi connectivity index (χ1n) is 20.1. The molecule has 0 radical (unpaired) electrons. The summed E-state index contributed by atoms with van der Waals surface area (Å²) in [6.07, 6.45) is 0. The molecule has 13 rings (SSSR count). The Hall–Kier alpha value is -7.55. The Labute approximate surface area is 335 Å². The van der Waals surface area contributed by atoms with Crippen molar-refractivity contribution in [1.82, 2.24) is 4.57 Å². The Morgan fingerprint density at radius 2 is 0.672 bits per heavy atom. The van der Waals surface area contributed by atoms with Gasteiger partial charge in [-0.05, 0) is 125 Å². The summed E-state index contributed by atoms with van der Waals surface area (Å²) in [5.74, 6) is 0. The maximum Gasteiger partial charge on any atom is 0.263 e. The molecule has 2 nitrogen and oxygen atoms in total. The fourth-order valence-corrected chi connectivity index (χ4v) is 10.9. The number of hydrogen-bond acceptors (Lipinski definition) is 1. The predicted octanol–water partition coefficient (Wildman–Crippen LogP) is 13.5. The van der Waals surface area contributed by atoms with Crippen molar-refractivity contribution in [2.45, 2.75) is 5.41 Å². The molecule has 0 N–H and O–H groups in total. The minimum absolute atomic E-state index is 0.0235. The smallest absolute Gasteiger partial charge is 0.263 e. The lowest BCUT2D eigenvalue weighted by Gasteiger charge is -2.30. The van der Waals surface area contributed by atoms with E-state index in [0.29, 0.717) is 5.39 Å². The number of fused-ring (bicyclic) bond motifs is 21. The standard InChI is InChI=1S/C56H33NO/c58-55-46-25-8-7-21-41(46)49-32-47-39-19-5-3-17-37(39)35-15-1-2-16-36(35)38-18-4-6-20-40(38)48(47)33-54(49)57(55)34-29-30-45-44-24-11-14-28-52(44)56(53(45)31-34)50-26-12-9-22-42(50)43-23-10-13-27-51(43)56/h1-33H. The molecular formula is C56H33NO. The summed E-state index contributed by atoms with van der Waals surface area (Å²) in [7, 11) is 0. The second kappa shape index (κ2) is 11.5. The second-order valence-corrected chi connectivity index (χ2v) is 15.9. The predicted molar refractivity (Wildman–Crippen MR) is 239 cm³/mol. The lowest BCUT2D eigenvalue weighted by atomic mass is 9.70. The average molecular weight is 736 g/mol. The van der Waals surface area contributed by atoms with Crippen LogP contribution in [0, 0.1) is 0 Å². The van der Waals surface area contributed by atoms with E-state index < -0.39 is 5.41 Å². The van der Waals surface area contributed by atoms with Crippen molar-refractivity contribution in [3.05, 3.63) is 233 Å². The summed E-state index contributed by atoms with van der Waals surface area (Å²) in [4.78, 5) is 15.2. The van der Waals surface area contributed by atoms with Crippen LogP contribution in [0.2, 0.25) is 0 Å². The number of nitrogens with zero attached hydrogens (tertiary/aromatic N) is 1. The number of benzene rings is 9. The van der Waals surface area contributed by atoms with Gasteiger partial charge >= 0.3 is 0 Å². The van der Waals surface area contributed by atoms with Gasteiger partial charge in [0.2, 0.25) is 0 Å². The van der Waals surface area contributed by atoms with Gasteiger partial charge in [-0.1, -0.05) is 170 Å². The molecule has 0 atom stereocenters. The SMILES string of the molecule is O=c1c2ccccc2c2cc3c(cc2n1-c1ccc2c(c1)C1(c4ccccc4-c4ccccc41)c1ccccc1-2)-c1ccccc1-c1ccccc1-c1ccccc1-3. The van der Waals surface area contributed by atoms with Crippen LogP contribution < -0.4 is 5.56 Å². The molecule has 0 saturated heterocycles. The van der Waals surface area contributed by atoms with E-state index in [1.807, 2.05) is 22.8 Å². The Kier molecular flexibility index (Phi) is 6.27. The van der Waals surface area contributed by atoms with Crippen molar-refractivity contribution in [2.75, 3.05) is 0 Å². The zero-order chi connectivity index (χ0) is 38.1. The third kappa shape index (κ3) is 3.94. The first-order valence-corrected chi connectivity index (χ1v) is 20.1. The van der Waals surface area contributed by atoms with Gasteiger partial charge in [0.25, 0.3) is 5.56 Å². The first-order chi connectivity index (χ1) is 28.7. The lowest BCUT2D eigenvalue weighted by Crippen LogP contribution is -2.26. The van der Waals surface area contributed by atoms with Gasteiger partial charge in [-0.25, -0.2) is 0 Å². The van der Waals surface area contributed by atoms with Crippen molar-refractivity contribution in [1.29, 1.82) is 0 Å². The minimum atomic E-state index is -0.517. The van der Waals surface area contributed by atoms with Crippen molar-refractivity contribution >= 4 is 21.7 Å². The van der Waals surface area contributed by atoms with E-state index in [9.17, 15) is 0 Å². The molecule has 10 aromatic rings. The van der Waals surface area contributed by atoms with Gasteiger partial charge in [-0.2, -0.15) is 0 Å². The van der Waals surface area contributed by atoms with Crippen LogP contribution in [0.15, 0.2) is 205 Å². The summed E-state index contributed by atoms with van der Waals surface area (Å²) in [5.41, 5.74) is 20.6. The third-order valence-electron chi connectivity index (χ3n) is 13.2. The van der Waals surface area contributed by atoms with E-state index in [1.54, 1.807) is 0 Å². The van der Waals surface area contributed by atoms with E-state index in [0.717, 1.165) is 38.7 Å². The number of aromatic nitrogens is 1. The maximum absolute atomic E-state index is 15.2. The third-order valence-corrected chi connectivity index (χ3v) is 13.2. The molecule has 0 aliphatic heterocycles. The topological polar surface area (TPSA) is 22.0 Å². The van der Waals surface area contributed by atoms with Crippen LogP contribution in [0.25, 0.3) is 94.1 Å². The van der Waals surface area contributed by atoms with Gasteiger partial charge < -0.3 is 0 Å². The molecule has 2 heteroatoms. The molecule has 1 spiro atoms. The molecule has 0 bridgehead atoms. The quantitative estimate of drug-likeness (QED) is 0.154. The zero-order valence-electron chi connectivity index (χ0n) is 31.4. The molecule has 1 aromatic heterocycles. The molecule has 1 heterocycles. The minimum Gasteiger partial charge on any atom is -0.276 e. The number of hydrogen-bond donors (Lipinski definition) is 0. The van der Waals surface area contributed by atoms with E-state index in [1.165, 1.54) is 72.3 Å². The summed E-state index contributed by atoms with van der Waals surface area (Å²) in [6, 6.07) is 72.4. The summed E-state index contributed by atoms with van der Waals surface area (Å²) < 4.78 is 1.99. The van der Waals surface area contributed by atoms with Crippen molar-refractivity contribution in [3.63, 3.8) is 0 Å². The van der Waals surface area contributed by atoms with E-state index in [-0.39, 0.29) is 5.56 Å². The molecule has 0 unspecified atom stereocenters. The number of pyridine rings is 1. The molecule has 268 valence electrons. The second-order valence-electron chi connectivity index (χ2n) is 15.9. The highest BCUT2D eigenvalue weighted by atomic mass is 16.1. The normalized spacial score (nSPS) is 13.4. The summed E-state index contributed by atoms with van der Waals surface area (Å²) >= 11 is 0. The monoisotopic (exact) mass is 735 g/mol. The Bertz CT molecular complexity index is 3430. The first kappa shape index (κ1) is 31.6. The van der Waals surface area contributed by atoms with E-state index in [4.69, 9.17) is 0 Å². The number of rotatable bonds is 1. The van der Waals surface area contributed by atoms with Crippen molar-refractivity contribution in [2.24, 2.45) is 0 Å². The van der Waals surface area contributed by atoms with Crippen LogP contribution in [-0.4, -0.2) is 4.57 Å². The molecule has 3 aliphatic rings. The lowest BCUT2D eigenvalue weighted by molar-refractivity contribution is 0.792. The van der Waals surface area contributed by atoms with Gasteiger partial charge in [-0.15, -0.1) is 0 Å². The van der Waals surface area contributed by atoms with Crippen LogP contribution in [-0.2, 0) is 5.41 Å². The van der Waals surface area contributed by atoms with E-state index in [2.05, 4.69) is 182 Å². The average Bonchev–Trinajstić information content (AvgIpc) is 3.75. The zero-order valence-corrected chi connectivity index (χ0v) is 31.4. The van der Waals surface area contributed by atoms with Gasteiger partial charge in [0.05, 0.1) is 10.9 Å². The van der Waals surface area contributed by atoms with Gasteiger partial charge in [0.15, 0.2) is 0 Å². The highest BCUT2D eigenvalue weighted by molar-refractivity contribution is 6.13. The highest BCUT2D eigenvalue weighted by Crippen LogP contribution is 2.63. The largest absolute Gasteiger partial charge is 0.276 e. The fourth-order valence-electron chi connectivity index (χ4n) is 10.9. The summed E-state index contributed by atoms with van der Waals surface area (Å²) in [6.45, 7) is 0. The highest BCUT2D eigenvalue weighted by Gasteiger charge is 2.51. The Morgan fingerprint density at radius 1 is 0.293 bits per heavy atom. The van der Waals surface area contributed by atoms with Gasteiger partial charge in [0, 0.05) is 16.5 Å². The summed E-state index contributed by atoms with van der Waals surface area (Å²) in [5, 5.41) is 2.71. The maximum atomic E-state index is 15.2. The van der Waals surface area contributed by atoms with E-state index >= 15 is 4.79 Å². The molecule has 0 saturated carbocycles. The van der Waals surface area contributed by atoms with Crippen LogP contribution >= 0.6 is 0 Å². The molecule has 0 fully saturated rings. The van der Waals surface area contributed by atoms with Gasteiger partial charge in [0.1, 0.15) is 0 Å². The molecular weight excluding hydrogens is 703 g/mol. The molecule has 0 amide bonds. The molecule has 3 aliphatic carbocycles. The van der Waals surface area contributed by atoms with Crippen LogP contribution in [0.4, 0.5) is 0 Å². The van der Waals surface area contributed by atoms with Gasteiger partial charge in [-0.3, -0.25) is 9.36 Å². The fraction of sp³-hybridized carbons (Fsp3) is 0.0179. The van der Waals surface area contributed by atoms with Crippen molar-refractivity contribution < 1.29 is 0 Å².